The first-order valence-corrected chi connectivity index (χ1v) is 10.7. The second kappa shape index (κ2) is 11.8. The number of aliphatic carboxylic acids is 1. The summed E-state index contributed by atoms with van der Waals surface area (Å²) in [5.41, 5.74) is 4.64. The number of hydrogen-bond acceptors (Lipinski definition) is 3. The van der Waals surface area contributed by atoms with Gasteiger partial charge in [0.05, 0.1) is 6.61 Å². The zero-order chi connectivity index (χ0) is 22.8. The predicted molar refractivity (Wildman–Crippen MR) is 125 cm³/mol. The number of carbonyl (C=O) groups excluding carboxylic acids is 1. The number of aryl methyl sites for hydroxylation is 1. The number of nitrogens with one attached hydrogen (secondary N) is 1. The maximum Gasteiger partial charge on any atom is 0.371 e. The third-order valence-corrected chi connectivity index (χ3v) is 5.00. The zero-order valence-electron chi connectivity index (χ0n) is 18.8. The summed E-state index contributed by atoms with van der Waals surface area (Å²) in [6, 6.07) is 13.4. The number of benzene rings is 2. The summed E-state index contributed by atoms with van der Waals surface area (Å²) in [4.78, 5) is 25.3. The van der Waals surface area contributed by atoms with Gasteiger partial charge in [-0.15, -0.1) is 0 Å². The summed E-state index contributed by atoms with van der Waals surface area (Å²) in [6.07, 6.45) is 4.70. The van der Waals surface area contributed by atoms with E-state index < -0.39 is 5.97 Å². The average molecular weight is 425 g/mol. The van der Waals surface area contributed by atoms with Crippen LogP contribution in [0.15, 0.2) is 48.2 Å². The molecular weight excluding hydrogens is 392 g/mol. The van der Waals surface area contributed by atoms with Crippen LogP contribution >= 0.6 is 0 Å². The van der Waals surface area contributed by atoms with Gasteiger partial charge >= 0.3 is 12.0 Å². The number of anilines is 1. The minimum atomic E-state index is -1.09. The van der Waals surface area contributed by atoms with Crippen molar-refractivity contribution in [1.29, 1.82) is 0 Å². The van der Waals surface area contributed by atoms with Crippen LogP contribution in [0.5, 0.6) is 0 Å². The highest BCUT2D eigenvalue weighted by atomic mass is 16.5. The van der Waals surface area contributed by atoms with Gasteiger partial charge in [0.2, 0.25) is 5.76 Å². The van der Waals surface area contributed by atoms with Crippen LogP contribution in [0.1, 0.15) is 44.2 Å². The molecule has 0 saturated carbocycles. The lowest BCUT2D eigenvalue weighted by Crippen LogP contribution is -2.37. The Labute approximate surface area is 184 Å². The van der Waals surface area contributed by atoms with Gasteiger partial charge in [-0.2, -0.15) is 0 Å². The fraction of sp³-hybridized carbons (Fsp3) is 0.360. The van der Waals surface area contributed by atoms with E-state index in [0.29, 0.717) is 13.2 Å². The van der Waals surface area contributed by atoms with Gasteiger partial charge in [0.15, 0.2) is 0 Å². The Morgan fingerprint density at radius 2 is 1.81 bits per heavy atom. The molecule has 2 aromatic carbocycles. The van der Waals surface area contributed by atoms with Crippen LogP contribution in [-0.2, 0) is 9.53 Å². The Morgan fingerprint density at radius 1 is 1.10 bits per heavy atom. The number of carbonyl (C=O) groups is 2. The van der Waals surface area contributed by atoms with Gasteiger partial charge in [-0.05, 0) is 60.7 Å². The molecule has 0 spiro atoms. The molecule has 0 radical (unpaired) electrons. The molecule has 0 fully saturated rings. The number of urea groups is 1. The van der Waals surface area contributed by atoms with E-state index in [-0.39, 0.29) is 11.8 Å². The normalized spacial score (nSPS) is 11.2. The van der Waals surface area contributed by atoms with Gasteiger partial charge in [0.25, 0.3) is 0 Å². The lowest BCUT2D eigenvalue weighted by molar-refractivity contribution is -0.136. The molecule has 0 heterocycles. The highest BCUT2D eigenvalue weighted by Crippen LogP contribution is 2.28. The Morgan fingerprint density at radius 3 is 2.42 bits per heavy atom. The van der Waals surface area contributed by atoms with E-state index in [2.05, 4.69) is 12.2 Å². The maximum absolute atomic E-state index is 12.4. The van der Waals surface area contributed by atoms with Crippen LogP contribution in [-0.4, -0.2) is 37.3 Å². The zero-order valence-corrected chi connectivity index (χ0v) is 18.8. The molecule has 2 rings (SSSR count). The Kier molecular flexibility index (Phi) is 9.13. The van der Waals surface area contributed by atoms with Crippen molar-refractivity contribution in [1.82, 2.24) is 5.32 Å². The van der Waals surface area contributed by atoms with Crippen molar-refractivity contribution in [3.8, 4) is 11.1 Å². The van der Waals surface area contributed by atoms with Crippen molar-refractivity contribution in [2.75, 3.05) is 25.1 Å². The largest absolute Gasteiger partial charge is 0.487 e. The van der Waals surface area contributed by atoms with Crippen LogP contribution in [0.3, 0.4) is 0 Å². The van der Waals surface area contributed by atoms with Crippen molar-refractivity contribution in [2.24, 2.45) is 0 Å². The minimum Gasteiger partial charge on any atom is -0.487 e. The number of rotatable bonds is 10. The van der Waals surface area contributed by atoms with Crippen molar-refractivity contribution in [3.05, 3.63) is 59.4 Å². The quantitative estimate of drug-likeness (QED) is 0.302. The topological polar surface area (TPSA) is 78.9 Å². The number of ether oxygens (including phenoxy) is 1. The van der Waals surface area contributed by atoms with E-state index in [1.807, 2.05) is 49.4 Å². The van der Waals surface area contributed by atoms with Crippen molar-refractivity contribution >= 4 is 23.8 Å². The maximum atomic E-state index is 12.4. The van der Waals surface area contributed by atoms with Gasteiger partial charge in [-0.25, -0.2) is 9.59 Å². The molecule has 0 aromatic heterocycles. The van der Waals surface area contributed by atoms with Gasteiger partial charge in [0.1, 0.15) is 0 Å². The highest BCUT2D eigenvalue weighted by Gasteiger charge is 2.13. The fourth-order valence-corrected chi connectivity index (χ4v) is 3.17. The van der Waals surface area contributed by atoms with E-state index in [1.54, 1.807) is 18.9 Å². The monoisotopic (exact) mass is 424 g/mol. The molecule has 166 valence electrons. The van der Waals surface area contributed by atoms with Crippen molar-refractivity contribution in [2.45, 2.75) is 40.0 Å². The summed E-state index contributed by atoms with van der Waals surface area (Å²) in [6.45, 7) is 6.87. The fourth-order valence-electron chi connectivity index (χ4n) is 3.17. The van der Waals surface area contributed by atoms with Crippen molar-refractivity contribution < 1.29 is 19.4 Å². The molecule has 0 aliphatic heterocycles. The number of unbranched alkanes of at least 4 members (excludes halogenated alkanes) is 2. The molecular formula is C25H32N2O4. The van der Waals surface area contributed by atoms with Crippen LogP contribution in [0.2, 0.25) is 0 Å². The third kappa shape index (κ3) is 6.88. The van der Waals surface area contributed by atoms with E-state index in [0.717, 1.165) is 47.2 Å². The number of hydrogen-bond donors (Lipinski definition) is 2. The highest BCUT2D eigenvalue weighted by molar-refractivity contribution is 5.92. The van der Waals surface area contributed by atoms with Gasteiger partial charge < -0.3 is 15.2 Å². The molecule has 0 aliphatic carbocycles. The minimum absolute atomic E-state index is 0.0833. The molecule has 2 amide bonds. The van der Waals surface area contributed by atoms with Crippen LogP contribution in [0, 0.1) is 6.92 Å². The van der Waals surface area contributed by atoms with Crippen molar-refractivity contribution in [3.63, 3.8) is 0 Å². The summed E-state index contributed by atoms with van der Waals surface area (Å²) >= 11 is 0. The van der Waals surface area contributed by atoms with E-state index >= 15 is 0 Å². The molecule has 31 heavy (non-hydrogen) atoms. The van der Waals surface area contributed by atoms with Crippen LogP contribution in [0.25, 0.3) is 17.2 Å². The van der Waals surface area contributed by atoms with Crippen LogP contribution < -0.4 is 10.2 Å². The number of carboxylic acid groups (broad SMARTS) is 1. The standard InChI is InChI=1S/C25H32N2O4/c1-5-7-8-15-26-25(30)27(4)21-14-9-18(3)22(17-21)20-12-10-19(11-13-20)16-23(24(28)29)31-6-2/h9-14,16-17H,5-8,15H2,1-4H3,(H,26,30)(H,28,29)/b23-16-. The van der Waals surface area contributed by atoms with Gasteiger partial charge in [-0.3, -0.25) is 4.90 Å². The number of amides is 2. The molecule has 2 aromatic rings. The molecule has 2 N–H and O–H groups in total. The molecule has 0 aliphatic rings. The first kappa shape index (κ1) is 24.0. The van der Waals surface area contributed by atoms with E-state index in [1.165, 1.54) is 6.08 Å². The lowest BCUT2D eigenvalue weighted by atomic mass is 9.98. The Balaban J connectivity index is 2.20. The van der Waals surface area contributed by atoms with E-state index in [4.69, 9.17) is 4.74 Å². The summed E-state index contributed by atoms with van der Waals surface area (Å²) in [5.74, 6) is -1.18. The van der Waals surface area contributed by atoms with Crippen LogP contribution in [0.4, 0.5) is 10.5 Å². The summed E-state index contributed by atoms with van der Waals surface area (Å²) < 4.78 is 5.17. The first-order chi connectivity index (χ1) is 14.9. The number of nitrogens with zero attached hydrogens (tertiary/aromatic N) is 1. The molecule has 0 atom stereocenters. The SMILES string of the molecule is CCCCCNC(=O)N(C)c1ccc(C)c(-c2ccc(/C=C(\OCC)C(=O)O)cc2)c1. The third-order valence-electron chi connectivity index (χ3n) is 5.00. The molecule has 6 nitrogen and oxygen atoms in total. The second-order valence-corrected chi connectivity index (χ2v) is 7.37. The molecule has 0 saturated heterocycles. The summed E-state index contributed by atoms with van der Waals surface area (Å²) in [5, 5.41) is 12.2. The molecule has 0 bridgehead atoms. The van der Waals surface area contributed by atoms with Gasteiger partial charge in [-0.1, -0.05) is 50.1 Å². The Hall–Kier alpha value is -3.28. The molecule has 6 heteroatoms. The smallest absolute Gasteiger partial charge is 0.371 e. The second-order valence-electron chi connectivity index (χ2n) is 7.37. The number of carboxylic acids is 1. The van der Waals surface area contributed by atoms with E-state index in [9.17, 15) is 14.7 Å². The lowest BCUT2D eigenvalue weighted by Gasteiger charge is -2.20. The Bertz CT molecular complexity index is 920. The first-order valence-electron chi connectivity index (χ1n) is 10.7. The predicted octanol–water partition coefficient (Wildman–Crippen LogP) is 5.46. The average Bonchev–Trinajstić information content (AvgIpc) is 2.76. The molecule has 0 unspecified atom stereocenters. The summed E-state index contributed by atoms with van der Waals surface area (Å²) in [7, 11) is 1.76. The van der Waals surface area contributed by atoms with Gasteiger partial charge in [0, 0.05) is 19.3 Å².